The molecule has 1 atom stereocenters. The number of amides is 2. The molecular formula is C16H13ClN2O2. The molecule has 0 spiro atoms. The molecule has 0 aliphatic carbocycles. The van der Waals surface area contributed by atoms with E-state index in [9.17, 15) is 9.59 Å². The standard InChI is InChI=1S/C16H13ClN2O2/c17-11-6-8-13(9-7-11)19-15(20)10-14(16(19)21)18-12-4-2-1-3-5-12/h1-9,14,18H,10H2/t14-/m0/s1. The fraction of sp³-hybridized carbons (Fsp3) is 0.125. The molecule has 2 aromatic carbocycles. The fourth-order valence-electron chi connectivity index (χ4n) is 2.34. The van der Waals surface area contributed by atoms with Crippen LogP contribution >= 0.6 is 11.6 Å². The molecular weight excluding hydrogens is 288 g/mol. The van der Waals surface area contributed by atoms with Crippen molar-refractivity contribution >= 4 is 34.8 Å². The monoisotopic (exact) mass is 300 g/mol. The summed E-state index contributed by atoms with van der Waals surface area (Å²) in [4.78, 5) is 25.7. The summed E-state index contributed by atoms with van der Waals surface area (Å²) in [6.45, 7) is 0. The van der Waals surface area contributed by atoms with Gasteiger partial charge in [-0.3, -0.25) is 9.59 Å². The topological polar surface area (TPSA) is 49.4 Å². The minimum atomic E-state index is -0.532. The van der Waals surface area contributed by atoms with Crippen molar-refractivity contribution in [1.82, 2.24) is 0 Å². The van der Waals surface area contributed by atoms with Crippen molar-refractivity contribution in [3.63, 3.8) is 0 Å². The van der Waals surface area contributed by atoms with Crippen LogP contribution in [0.2, 0.25) is 5.02 Å². The van der Waals surface area contributed by atoms with Crippen LogP contribution in [0.25, 0.3) is 0 Å². The summed E-state index contributed by atoms with van der Waals surface area (Å²) in [6, 6.07) is 15.5. The predicted molar refractivity (Wildman–Crippen MR) is 82.4 cm³/mol. The first-order chi connectivity index (χ1) is 10.1. The minimum absolute atomic E-state index is 0.149. The lowest BCUT2D eigenvalue weighted by atomic mass is 10.2. The second kappa shape index (κ2) is 5.58. The van der Waals surface area contributed by atoms with Crippen molar-refractivity contribution in [2.75, 3.05) is 10.2 Å². The van der Waals surface area contributed by atoms with Crippen molar-refractivity contribution in [2.45, 2.75) is 12.5 Å². The van der Waals surface area contributed by atoms with Crippen LogP contribution in [-0.2, 0) is 9.59 Å². The van der Waals surface area contributed by atoms with E-state index in [1.54, 1.807) is 24.3 Å². The normalized spacial score (nSPS) is 18.1. The number of hydrogen-bond donors (Lipinski definition) is 1. The molecule has 0 unspecified atom stereocenters. The minimum Gasteiger partial charge on any atom is -0.373 e. The summed E-state index contributed by atoms with van der Waals surface area (Å²) < 4.78 is 0. The van der Waals surface area contributed by atoms with Gasteiger partial charge in [0.1, 0.15) is 6.04 Å². The highest BCUT2D eigenvalue weighted by Gasteiger charge is 2.39. The molecule has 0 aromatic heterocycles. The van der Waals surface area contributed by atoms with Gasteiger partial charge in [0, 0.05) is 10.7 Å². The second-order valence-electron chi connectivity index (χ2n) is 4.81. The largest absolute Gasteiger partial charge is 0.373 e. The zero-order valence-corrected chi connectivity index (χ0v) is 11.9. The zero-order valence-electron chi connectivity index (χ0n) is 11.1. The number of anilines is 2. The molecule has 1 aliphatic rings. The van der Waals surface area contributed by atoms with Crippen LogP contribution in [0.15, 0.2) is 54.6 Å². The number of carbonyl (C=O) groups excluding carboxylic acids is 2. The van der Waals surface area contributed by atoms with Crippen LogP contribution in [0.5, 0.6) is 0 Å². The van der Waals surface area contributed by atoms with Gasteiger partial charge in [-0.2, -0.15) is 0 Å². The van der Waals surface area contributed by atoms with E-state index >= 15 is 0 Å². The molecule has 0 bridgehead atoms. The molecule has 1 aliphatic heterocycles. The number of carbonyl (C=O) groups is 2. The Balaban J connectivity index is 1.80. The number of rotatable bonds is 3. The number of nitrogens with zero attached hydrogens (tertiary/aromatic N) is 1. The number of nitrogens with one attached hydrogen (secondary N) is 1. The number of benzene rings is 2. The Bertz CT molecular complexity index is 670. The highest BCUT2D eigenvalue weighted by molar-refractivity contribution is 6.30. The average Bonchev–Trinajstić information content (AvgIpc) is 2.76. The number of halogens is 1. The van der Waals surface area contributed by atoms with Crippen molar-refractivity contribution in [2.24, 2.45) is 0 Å². The molecule has 1 saturated heterocycles. The second-order valence-corrected chi connectivity index (χ2v) is 5.25. The Kier molecular flexibility index (Phi) is 3.62. The third-order valence-electron chi connectivity index (χ3n) is 3.35. The Hall–Kier alpha value is -2.33. The maximum absolute atomic E-state index is 12.4. The molecule has 4 nitrogen and oxygen atoms in total. The van der Waals surface area contributed by atoms with Gasteiger partial charge < -0.3 is 5.32 Å². The van der Waals surface area contributed by atoms with E-state index in [1.807, 2.05) is 30.3 Å². The summed E-state index contributed by atoms with van der Waals surface area (Å²) in [5.41, 5.74) is 1.37. The summed E-state index contributed by atoms with van der Waals surface area (Å²) in [5, 5.41) is 3.66. The number of para-hydroxylation sites is 1. The average molecular weight is 301 g/mol. The third kappa shape index (κ3) is 2.76. The smallest absolute Gasteiger partial charge is 0.256 e. The maximum Gasteiger partial charge on any atom is 0.256 e. The van der Waals surface area contributed by atoms with Gasteiger partial charge >= 0.3 is 0 Å². The van der Waals surface area contributed by atoms with Crippen LogP contribution in [0.3, 0.4) is 0 Å². The number of imide groups is 1. The van der Waals surface area contributed by atoms with E-state index < -0.39 is 6.04 Å². The van der Waals surface area contributed by atoms with Gasteiger partial charge in [0.15, 0.2) is 0 Å². The summed E-state index contributed by atoms with van der Waals surface area (Å²) in [7, 11) is 0. The van der Waals surface area contributed by atoms with E-state index in [0.717, 1.165) is 5.69 Å². The van der Waals surface area contributed by atoms with Gasteiger partial charge in [0.25, 0.3) is 5.91 Å². The first kappa shape index (κ1) is 13.6. The summed E-state index contributed by atoms with van der Waals surface area (Å²) in [5.74, 6) is -0.457. The Morgan fingerprint density at radius 1 is 1.00 bits per heavy atom. The molecule has 106 valence electrons. The van der Waals surface area contributed by atoms with E-state index in [-0.39, 0.29) is 18.2 Å². The van der Waals surface area contributed by atoms with Gasteiger partial charge in [-0.1, -0.05) is 29.8 Å². The fourth-order valence-corrected chi connectivity index (χ4v) is 2.47. The molecule has 3 rings (SSSR count). The highest BCUT2D eigenvalue weighted by Crippen LogP contribution is 2.26. The quantitative estimate of drug-likeness (QED) is 0.886. The molecule has 2 amide bonds. The maximum atomic E-state index is 12.4. The van der Waals surface area contributed by atoms with Crippen LogP contribution in [-0.4, -0.2) is 17.9 Å². The van der Waals surface area contributed by atoms with Crippen LogP contribution in [0, 0.1) is 0 Å². The molecule has 2 aromatic rings. The molecule has 21 heavy (non-hydrogen) atoms. The first-order valence-corrected chi connectivity index (χ1v) is 6.97. The molecule has 0 radical (unpaired) electrons. The predicted octanol–water partition coefficient (Wildman–Crippen LogP) is 3.08. The van der Waals surface area contributed by atoms with E-state index in [1.165, 1.54) is 4.90 Å². The van der Waals surface area contributed by atoms with Gasteiger partial charge in [-0.05, 0) is 36.4 Å². The SMILES string of the molecule is O=C1C[C@H](Nc2ccccc2)C(=O)N1c1ccc(Cl)cc1. The van der Waals surface area contributed by atoms with Gasteiger partial charge in [-0.25, -0.2) is 4.90 Å². The summed E-state index contributed by atoms with van der Waals surface area (Å²) >= 11 is 5.83. The Morgan fingerprint density at radius 2 is 1.67 bits per heavy atom. The van der Waals surface area contributed by atoms with Gasteiger partial charge in [0.2, 0.25) is 5.91 Å². The van der Waals surface area contributed by atoms with Crippen molar-refractivity contribution in [1.29, 1.82) is 0 Å². The Morgan fingerprint density at radius 3 is 2.33 bits per heavy atom. The lowest BCUT2D eigenvalue weighted by molar-refractivity contribution is -0.121. The molecule has 5 heteroatoms. The third-order valence-corrected chi connectivity index (χ3v) is 3.60. The lowest BCUT2D eigenvalue weighted by Crippen LogP contribution is -2.34. The van der Waals surface area contributed by atoms with Crippen LogP contribution < -0.4 is 10.2 Å². The van der Waals surface area contributed by atoms with Crippen molar-refractivity contribution in [3.8, 4) is 0 Å². The van der Waals surface area contributed by atoms with Crippen LogP contribution in [0.4, 0.5) is 11.4 Å². The van der Waals surface area contributed by atoms with Crippen molar-refractivity contribution < 1.29 is 9.59 Å². The van der Waals surface area contributed by atoms with Gasteiger partial charge in [0.05, 0.1) is 12.1 Å². The zero-order chi connectivity index (χ0) is 14.8. The van der Waals surface area contributed by atoms with E-state index in [4.69, 9.17) is 11.6 Å². The first-order valence-electron chi connectivity index (χ1n) is 6.59. The molecule has 1 N–H and O–H groups in total. The molecule has 1 heterocycles. The number of hydrogen-bond acceptors (Lipinski definition) is 3. The van der Waals surface area contributed by atoms with E-state index in [0.29, 0.717) is 10.7 Å². The molecule has 1 fully saturated rings. The van der Waals surface area contributed by atoms with E-state index in [2.05, 4.69) is 5.32 Å². The molecule has 0 saturated carbocycles. The lowest BCUT2D eigenvalue weighted by Gasteiger charge is -2.16. The van der Waals surface area contributed by atoms with Crippen LogP contribution in [0.1, 0.15) is 6.42 Å². The highest BCUT2D eigenvalue weighted by atomic mass is 35.5. The van der Waals surface area contributed by atoms with Crippen molar-refractivity contribution in [3.05, 3.63) is 59.6 Å². The Labute approximate surface area is 127 Å². The summed E-state index contributed by atoms with van der Waals surface area (Å²) in [6.07, 6.45) is 0.149. The van der Waals surface area contributed by atoms with Gasteiger partial charge in [-0.15, -0.1) is 0 Å².